The van der Waals surface area contributed by atoms with Crippen molar-refractivity contribution in [3.05, 3.63) is 34.6 Å². The van der Waals surface area contributed by atoms with Crippen molar-refractivity contribution in [2.75, 3.05) is 0 Å². The van der Waals surface area contributed by atoms with E-state index in [2.05, 4.69) is 5.32 Å². The third-order valence-electron chi connectivity index (χ3n) is 3.29. The Bertz CT molecular complexity index is 522. The minimum absolute atomic E-state index is 0.0428. The zero-order valence-electron chi connectivity index (χ0n) is 12.0. The molecule has 0 bridgehead atoms. The summed E-state index contributed by atoms with van der Waals surface area (Å²) in [7, 11) is 0. The molecule has 1 amide bonds. The van der Waals surface area contributed by atoms with Gasteiger partial charge in [0.25, 0.3) is 0 Å². The summed E-state index contributed by atoms with van der Waals surface area (Å²) in [6, 6.07) is 3.25. The molecule has 2 atom stereocenters. The molecule has 4 nitrogen and oxygen atoms in total. The first-order valence-electron chi connectivity index (χ1n) is 6.79. The van der Waals surface area contributed by atoms with Crippen molar-refractivity contribution in [3.8, 4) is 0 Å². The van der Waals surface area contributed by atoms with Gasteiger partial charge in [-0.05, 0) is 23.6 Å². The molecule has 0 spiro atoms. The normalized spacial score (nSPS) is 13.5. The highest BCUT2D eigenvalue weighted by Gasteiger charge is 2.20. The summed E-state index contributed by atoms with van der Waals surface area (Å²) < 4.78 is 13.5. The molecule has 0 fully saturated rings. The van der Waals surface area contributed by atoms with Gasteiger partial charge >= 0.3 is 5.97 Å². The van der Waals surface area contributed by atoms with Gasteiger partial charge in [0.15, 0.2) is 0 Å². The Kier molecular flexibility index (Phi) is 6.62. The van der Waals surface area contributed by atoms with Crippen molar-refractivity contribution >= 4 is 23.5 Å². The second-order valence-electron chi connectivity index (χ2n) is 5.11. The number of halogens is 2. The van der Waals surface area contributed by atoms with Crippen molar-refractivity contribution in [1.29, 1.82) is 0 Å². The van der Waals surface area contributed by atoms with E-state index < -0.39 is 17.8 Å². The average Bonchev–Trinajstić information content (AvgIpc) is 2.40. The van der Waals surface area contributed by atoms with Gasteiger partial charge in [-0.3, -0.25) is 9.59 Å². The number of carbonyl (C=O) groups is 2. The molecule has 1 rings (SSSR count). The Balaban J connectivity index is 2.87. The molecule has 2 N–H and O–H groups in total. The first-order valence-corrected chi connectivity index (χ1v) is 7.17. The van der Waals surface area contributed by atoms with Gasteiger partial charge in [0.2, 0.25) is 5.91 Å². The van der Waals surface area contributed by atoms with Crippen LogP contribution in [0.25, 0.3) is 0 Å². The number of nitrogens with one attached hydrogen (secondary N) is 1. The SMILES string of the molecule is CCC(C)CC(=O)NC(CC(=O)O)c1ccc(Cl)c(F)c1. The van der Waals surface area contributed by atoms with Gasteiger partial charge in [-0.1, -0.05) is 37.9 Å². The standard InChI is InChI=1S/C15H19ClFNO3/c1-3-9(2)6-14(19)18-13(8-15(20)21)10-4-5-11(16)12(17)7-10/h4-5,7,9,13H,3,6,8H2,1-2H3,(H,18,19)(H,20,21). The smallest absolute Gasteiger partial charge is 0.305 e. The van der Waals surface area contributed by atoms with E-state index in [9.17, 15) is 14.0 Å². The van der Waals surface area contributed by atoms with Crippen LogP contribution in [0.15, 0.2) is 18.2 Å². The zero-order valence-corrected chi connectivity index (χ0v) is 12.8. The number of carboxylic acids is 1. The summed E-state index contributed by atoms with van der Waals surface area (Å²) >= 11 is 5.61. The van der Waals surface area contributed by atoms with Crippen LogP contribution in [0.4, 0.5) is 4.39 Å². The van der Waals surface area contributed by atoms with E-state index in [1.807, 2.05) is 13.8 Å². The maximum Gasteiger partial charge on any atom is 0.305 e. The van der Waals surface area contributed by atoms with Crippen LogP contribution in [-0.4, -0.2) is 17.0 Å². The molecule has 0 saturated carbocycles. The van der Waals surface area contributed by atoms with Gasteiger partial charge in [0.05, 0.1) is 17.5 Å². The van der Waals surface area contributed by atoms with Crippen molar-refractivity contribution in [1.82, 2.24) is 5.32 Å². The van der Waals surface area contributed by atoms with Crippen LogP contribution in [0.3, 0.4) is 0 Å². The molecule has 1 aromatic rings. The van der Waals surface area contributed by atoms with Crippen molar-refractivity contribution in [3.63, 3.8) is 0 Å². The van der Waals surface area contributed by atoms with E-state index >= 15 is 0 Å². The Morgan fingerprint density at radius 1 is 1.38 bits per heavy atom. The molecule has 21 heavy (non-hydrogen) atoms. The van der Waals surface area contributed by atoms with E-state index in [-0.39, 0.29) is 23.3 Å². The molecule has 0 heterocycles. The highest BCUT2D eigenvalue weighted by atomic mass is 35.5. The predicted molar refractivity (Wildman–Crippen MR) is 78.6 cm³/mol. The lowest BCUT2D eigenvalue weighted by Crippen LogP contribution is -2.31. The minimum atomic E-state index is -1.07. The molecule has 0 aliphatic heterocycles. The van der Waals surface area contributed by atoms with Crippen molar-refractivity contribution < 1.29 is 19.1 Å². The summed E-state index contributed by atoms with van der Waals surface area (Å²) in [4.78, 5) is 22.8. The third kappa shape index (κ3) is 5.71. The molecule has 0 aromatic heterocycles. The van der Waals surface area contributed by atoms with Crippen LogP contribution in [0, 0.1) is 11.7 Å². The van der Waals surface area contributed by atoms with Crippen LogP contribution >= 0.6 is 11.6 Å². The first-order chi connectivity index (χ1) is 9.83. The Labute approximate surface area is 128 Å². The number of aliphatic carboxylic acids is 1. The number of hydrogen-bond acceptors (Lipinski definition) is 2. The summed E-state index contributed by atoms with van der Waals surface area (Å²) in [5, 5.41) is 11.5. The maximum absolute atomic E-state index is 13.5. The number of rotatable bonds is 7. The Morgan fingerprint density at radius 2 is 2.05 bits per heavy atom. The monoisotopic (exact) mass is 315 g/mol. The van der Waals surface area contributed by atoms with Gasteiger partial charge in [-0.2, -0.15) is 0 Å². The van der Waals surface area contributed by atoms with E-state index in [4.69, 9.17) is 16.7 Å². The molecule has 2 unspecified atom stereocenters. The summed E-state index contributed by atoms with van der Waals surface area (Å²) in [6.45, 7) is 3.91. The molecule has 6 heteroatoms. The van der Waals surface area contributed by atoms with Gasteiger partial charge in [0, 0.05) is 6.42 Å². The van der Waals surface area contributed by atoms with E-state index in [0.29, 0.717) is 12.0 Å². The lowest BCUT2D eigenvalue weighted by atomic mass is 10.0. The van der Waals surface area contributed by atoms with Gasteiger partial charge < -0.3 is 10.4 Å². The number of carboxylic acid groups (broad SMARTS) is 1. The largest absolute Gasteiger partial charge is 0.481 e. The van der Waals surface area contributed by atoms with Gasteiger partial charge in [-0.15, -0.1) is 0 Å². The third-order valence-corrected chi connectivity index (χ3v) is 3.60. The topological polar surface area (TPSA) is 66.4 Å². The number of amides is 1. The molecule has 0 aliphatic rings. The average molecular weight is 316 g/mol. The van der Waals surface area contributed by atoms with Crippen LogP contribution in [0.1, 0.15) is 44.7 Å². The molecule has 0 saturated heterocycles. The minimum Gasteiger partial charge on any atom is -0.481 e. The zero-order chi connectivity index (χ0) is 16.0. The molecular formula is C15H19ClFNO3. The van der Waals surface area contributed by atoms with Gasteiger partial charge in [-0.25, -0.2) is 4.39 Å². The second-order valence-corrected chi connectivity index (χ2v) is 5.52. The number of carbonyl (C=O) groups excluding carboxylic acids is 1. The Morgan fingerprint density at radius 3 is 2.57 bits per heavy atom. The molecule has 0 aliphatic carbocycles. The van der Waals surface area contributed by atoms with Gasteiger partial charge in [0.1, 0.15) is 5.82 Å². The lowest BCUT2D eigenvalue weighted by molar-refractivity contribution is -0.137. The van der Waals surface area contributed by atoms with Crippen LogP contribution < -0.4 is 5.32 Å². The van der Waals surface area contributed by atoms with Crippen molar-refractivity contribution in [2.24, 2.45) is 5.92 Å². The summed E-state index contributed by atoms with van der Waals surface area (Å²) in [5.74, 6) is -1.75. The Hall–Kier alpha value is -1.62. The van der Waals surface area contributed by atoms with E-state index in [0.717, 1.165) is 12.5 Å². The second kappa shape index (κ2) is 7.98. The van der Waals surface area contributed by atoms with Crippen LogP contribution in [-0.2, 0) is 9.59 Å². The number of benzene rings is 1. The first kappa shape index (κ1) is 17.4. The lowest BCUT2D eigenvalue weighted by Gasteiger charge is -2.19. The fourth-order valence-corrected chi connectivity index (χ4v) is 1.99. The molecule has 1 aromatic carbocycles. The highest BCUT2D eigenvalue weighted by molar-refractivity contribution is 6.30. The van der Waals surface area contributed by atoms with Crippen LogP contribution in [0.5, 0.6) is 0 Å². The maximum atomic E-state index is 13.5. The predicted octanol–water partition coefficient (Wildman–Crippen LogP) is 3.55. The molecular weight excluding hydrogens is 297 g/mol. The summed E-state index contributed by atoms with van der Waals surface area (Å²) in [5.41, 5.74) is 0.386. The quantitative estimate of drug-likeness (QED) is 0.808. The summed E-state index contributed by atoms with van der Waals surface area (Å²) in [6.07, 6.45) is 0.850. The number of hydrogen-bond donors (Lipinski definition) is 2. The fourth-order valence-electron chi connectivity index (χ4n) is 1.87. The molecule has 116 valence electrons. The van der Waals surface area contributed by atoms with E-state index in [1.54, 1.807) is 0 Å². The van der Waals surface area contributed by atoms with Crippen molar-refractivity contribution in [2.45, 2.75) is 39.2 Å². The fraction of sp³-hybridized carbons (Fsp3) is 0.467. The van der Waals surface area contributed by atoms with Crippen LogP contribution in [0.2, 0.25) is 5.02 Å². The molecule has 0 radical (unpaired) electrons. The van der Waals surface area contributed by atoms with E-state index in [1.165, 1.54) is 12.1 Å². The highest BCUT2D eigenvalue weighted by Crippen LogP contribution is 2.23.